The minimum Gasteiger partial charge on any atom is -0.465 e. The molecule has 11 atom stereocenters. The van der Waals surface area contributed by atoms with Crippen LogP contribution in [0.3, 0.4) is 0 Å². The van der Waals surface area contributed by atoms with Crippen molar-refractivity contribution in [1.29, 1.82) is 0 Å². The van der Waals surface area contributed by atoms with Gasteiger partial charge >= 0.3 is 35.8 Å². The van der Waals surface area contributed by atoms with Crippen LogP contribution in [0, 0.1) is 90.2 Å². The molecule has 0 amide bonds. The van der Waals surface area contributed by atoms with Gasteiger partial charge in [0.15, 0.2) is 0 Å². The van der Waals surface area contributed by atoms with Gasteiger partial charge in [0.25, 0.3) is 0 Å². The summed E-state index contributed by atoms with van der Waals surface area (Å²) in [5.74, 6) is 5.12. The molecule has 0 N–H and O–H groups in total. The summed E-state index contributed by atoms with van der Waals surface area (Å²) in [5.41, 5.74) is -1.18. The van der Waals surface area contributed by atoms with Crippen molar-refractivity contribution >= 4 is 35.8 Å². The Balaban J connectivity index is 0.000000604. The molecule has 0 radical (unpaired) electrons. The zero-order valence-electron chi connectivity index (χ0n) is 71.1. The Morgan fingerprint density at radius 3 is 1.33 bits per heavy atom. The van der Waals surface area contributed by atoms with E-state index in [4.69, 9.17) is 28.4 Å². The summed E-state index contributed by atoms with van der Waals surface area (Å²) in [4.78, 5) is 71.3. The van der Waals surface area contributed by atoms with Crippen molar-refractivity contribution in [2.24, 2.45) is 90.2 Å². The normalized spacial score (nSPS) is 25.1. The van der Waals surface area contributed by atoms with Gasteiger partial charge < -0.3 is 28.4 Å². The van der Waals surface area contributed by atoms with Gasteiger partial charge in [0.1, 0.15) is 18.3 Å². The van der Waals surface area contributed by atoms with Gasteiger partial charge in [-0.3, -0.25) is 28.8 Å². The minimum atomic E-state index is -0.345. The quantitative estimate of drug-likeness (QED) is 0.0348. The lowest BCUT2D eigenvalue weighted by Crippen LogP contribution is -2.40. The number of hydrogen-bond donors (Lipinski definition) is 0. The van der Waals surface area contributed by atoms with E-state index in [1.807, 2.05) is 132 Å². The fraction of sp³-hybridized carbons (Fsp3) is 0.932. The van der Waals surface area contributed by atoms with Gasteiger partial charge in [0.2, 0.25) is 0 Å². The Morgan fingerprint density at radius 1 is 0.450 bits per heavy atom. The fourth-order valence-corrected chi connectivity index (χ4v) is 15.2. The van der Waals surface area contributed by atoms with E-state index in [0.717, 1.165) is 101 Å². The molecule has 0 aromatic rings. The Kier molecular flexibility index (Phi) is 41.2. The van der Waals surface area contributed by atoms with Crippen LogP contribution in [0.2, 0.25) is 0 Å². The molecule has 0 spiro atoms. The lowest BCUT2D eigenvalue weighted by molar-refractivity contribution is -0.168. The van der Waals surface area contributed by atoms with Crippen LogP contribution in [0.5, 0.6) is 0 Å². The molecule has 0 aromatic heterocycles. The summed E-state index contributed by atoms with van der Waals surface area (Å²) in [5, 5.41) is 0. The second-order valence-electron chi connectivity index (χ2n) is 37.8. The number of hydrogen-bond acceptors (Lipinski definition) is 12. The van der Waals surface area contributed by atoms with Gasteiger partial charge in [-0.05, 0) is 265 Å². The van der Waals surface area contributed by atoms with Gasteiger partial charge in [-0.25, -0.2) is 0 Å². The van der Waals surface area contributed by atoms with Crippen molar-refractivity contribution in [2.45, 2.75) is 424 Å². The third-order valence-electron chi connectivity index (χ3n) is 25.9. The molecule has 100 heavy (non-hydrogen) atoms. The SMILES string of the molecule is CCC(C)(C)C(=O)OC(C)C.CCC(C)(C)C(=O)OC1CC(C)CC(C)(C)C1.CCC(C)(C)C(=O)OC1CC2CC1C1CCCC21.CCC(C)(C)C(=O)OC1CC2CCC1(C)C2(C)C.CCCCC(CC)COC(=O)C(C)(C)CC.CCCCCCCCCCCCOC(=O)C(C)(C)CC. The number of ether oxygens (including phenoxy) is 6. The second-order valence-corrected chi connectivity index (χ2v) is 37.8. The highest BCUT2D eigenvalue weighted by Gasteiger charge is 2.63. The Labute approximate surface area is 617 Å². The Hall–Kier alpha value is -3.18. The van der Waals surface area contributed by atoms with Gasteiger partial charge in [0, 0.05) is 5.41 Å². The number of esters is 6. The van der Waals surface area contributed by atoms with Gasteiger partial charge in [-0.2, -0.15) is 0 Å². The maximum absolute atomic E-state index is 12.3. The molecule has 588 valence electrons. The van der Waals surface area contributed by atoms with Crippen molar-refractivity contribution < 1.29 is 57.2 Å². The van der Waals surface area contributed by atoms with Crippen molar-refractivity contribution in [2.75, 3.05) is 13.2 Å². The molecule has 0 saturated heterocycles. The van der Waals surface area contributed by atoms with Crippen LogP contribution in [0.1, 0.15) is 400 Å². The highest BCUT2D eigenvalue weighted by atomic mass is 16.6. The summed E-state index contributed by atoms with van der Waals surface area (Å²) in [6.45, 7) is 61.0. The van der Waals surface area contributed by atoms with E-state index in [1.54, 1.807) is 0 Å². The molecule has 6 saturated carbocycles. The number of carbonyl (C=O) groups excluding carboxylic acids is 6. The molecule has 6 aliphatic rings. The first-order valence-electron chi connectivity index (χ1n) is 41.4. The van der Waals surface area contributed by atoms with E-state index in [1.165, 1.54) is 122 Å². The number of rotatable bonds is 33. The maximum Gasteiger partial charge on any atom is 0.311 e. The molecule has 0 aliphatic heterocycles. The first kappa shape index (κ1) is 94.8. The van der Waals surface area contributed by atoms with E-state index in [9.17, 15) is 28.8 Å². The van der Waals surface area contributed by atoms with Crippen molar-refractivity contribution in [3.05, 3.63) is 0 Å². The molecular formula is C88H164O12. The maximum atomic E-state index is 12.3. The first-order chi connectivity index (χ1) is 46.2. The van der Waals surface area contributed by atoms with Gasteiger partial charge in [-0.15, -0.1) is 0 Å². The van der Waals surface area contributed by atoms with E-state index in [0.29, 0.717) is 41.8 Å². The molecule has 0 aromatic carbocycles. The molecule has 0 heterocycles. The van der Waals surface area contributed by atoms with Crippen LogP contribution in [0.4, 0.5) is 0 Å². The predicted octanol–water partition coefficient (Wildman–Crippen LogP) is 24.6. The lowest BCUT2D eigenvalue weighted by Gasteiger charge is -2.39. The van der Waals surface area contributed by atoms with Crippen LogP contribution in [0.15, 0.2) is 0 Å². The first-order valence-corrected chi connectivity index (χ1v) is 41.4. The summed E-state index contributed by atoms with van der Waals surface area (Å²) < 4.78 is 33.3. The lowest BCUT2D eigenvalue weighted by atomic mass is 9.70. The average Bonchev–Trinajstić information content (AvgIpc) is 1.56. The molecule has 4 bridgehead atoms. The monoisotopic (exact) mass is 1410 g/mol. The third kappa shape index (κ3) is 30.4. The van der Waals surface area contributed by atoms with Crippen molar-refractivity contribution in [3.63, 3.8) is 0 Å². The number of carbonyl (C=O) groups is 6. The van der Waals surface area contributed by atoms with E-state index >= 15 is 0 Å². The summed E-state index contributed by atoms with van der Waals surface area (Å²) >= 11 is 0. The van der Waals surface area contributed by atoms with Crippen LogP contribution in [0.25, 0.3) is 0 Å². The zero-order valence-corrected chi connectivity index (χ0v) is 71.1. The molecule has 6 aliphatic carbocycles. The summed E-state index contributed by atoms with van der Waals surface area (Å²) in [6, 6.07) is 0. The second kappa shape index (κ2) is 43.4. The van der Waals surface area contributed by atoms with Crippen molar-refractivity contribution in [1.82, 2.24) is 0 Å². The third-order valence-corrected chi connectivity index (χ3v) is 25.9. The fourth-order valence-electron chi connectivity index (χ4n) is 15.2. The minimum absolute atomic E-state index is 0.00618. The highest BCUT2D eigenvalue weighted by Crippen LogP contribution is 2.66. The van der Waals surface area contributed by atoms with Crippen LogP contribution < -0.4 is 0 Å². The smallest absolute Gasteiger partial charge is 0.311 e. The van der Waals surface area contributed by atoms with Gasteiger partial charge in [-0.1, -0.05) is 187 Å². The molecule has 12 heteroatoms. The largest absolute Gasteiger partial charge is 0.465 e. The molecular weight excluding hydrogens is 1250 g/mol. The van der Waals surface area contributed by atoms with E-state index in [-0.39, 0.29) is 98.1 Å². The van der Waals surface area contributed by atoms with E-state index < -0.39 is 0 Å². The number of fused-ring (bicyclic) bond motifs is 7. The molecule has 6 rings (SSSR count). The van der Waals surface area contributed by atoms with Crippen LogP contribution in [-0.4, -0.2) is 73.4 Å². The topological polar surface area (TPSA) is 158 Å². The predicted molar refractivity (Wildman–Crippen MR) is 415 cm³/mol. The summed E-state index contributed by atoms with van der Waals surface area (Å²) in [7, 11) is 0. The van der Waals surface area contributed by atoms with Gasteiger partial charge in [0.05, 0.1) is 51.8 Å². The van der Waals surface area contributed by atoms with E-state index in [2.05, 4.69) is 69.2 Å². The molecule has 12 nitrogen and oxygen atoms in total. The zero-order chi connectivity index (χ0) is 76.9. The molecule has 6 fully saturated rings. The average molecular weight is 1410 g/mol. The Bertz CT molecular complexity index is 2370. The van der Waals surface area contributed by atoms with Crippen molar-refractivity contribution in [3.8, 4) is 0 Å². The number of unbranched alkanes of at least 4 members (excludes halogenated alkanes) is 10. The summed E-state index contributed by atoms with van der Waals surface area (Å²) in [6.07, 6.45) is 36.8. The standard InChI is InChI=1S/C18H36O2.C16H26O2.C16H28O2.C15H28O2.C14H28O2.C9H18O2/c1-5-7-8-9-10-11-12-13-14-15-16-20-17(19)18(3,4)6-2;1-4-16(2,3)15(17)18-14-9-10-8-13(14)12-7-5-6-11(10)12;1-7-14(2,3)13(17)18-12-10-11-8-9-16(12,6)15(11,4)5;1-7-15(5,6)13(16)17-12-8-11(2)9-14(3,4)10-12;1-6-9-10-12(7-2)11-16-13(15)14(4,5)8-3;1-6-9(4,5)8(10)11-7(2)3/h5-16H2,1-4H3;10-14H,4-9H2,1-3H3;11-12H,7-10H2,1-6H3;11-12H,7-10H2,1-6H3;12H,6-11H2,1-5H3;7H,6H2,1-5H3. The van der Waals surface area contributed by atoms with Crippen LogP contribution in [-0.2, 0) is 57.2 Å². The molecule has 11 unspecified atom stereocenters. The Morgan fingerprint density at radius 2 is 0.890 bits per heavy atom. The highest BCUT2D eigenvalue weighted by molar-refractivity contribution is 5.78. The van der Waals surface area contributed by atoms with Crippen LogP contribution >= 0.6 is 0 Å².